The van der Waals surface area contributed by atoms with E-state index >= 15 is 0 Å². The van der Waals surface area contributed by atoms with Gasteiger partial charge in [-0.15, -0.1) is 0 Å². The zero-order valence-corrected chi connectivity index (χ0v) is 12.7. The Balaban J connectivity index is 1.93. The highest BCUT2D eigenvalue weighted by atomic mass is 32.1. The number of alkyl halides is 3. The smallest absolute Gasteiger partial charge is 0.357 e. The summed E-state index contributed by atoms with van der Waals surface area (Å²) in [7, 11) is 0. The van der Waals surface area contributed by atoms with E-state index in [1.165, 1.54) is 31.4 Å². The van der Waals surface area contributed by atoms with Crippen LogP contribution < -0.4 is 10.6 Å². The van der Waals surface area contributed by atoms with E-state index in [1.807, 2.05) is 0 Å². The summed E-state index contributed by atoms with van der Waals surface area (Å²) in [5.74, 6) is 0. The van der Waals surface area contributed by atoms with Gasteiger partial charge < -0.3 is 10.6 Å². The highest BCUT2D eigenvalue weighted by molar-refractivity contribution is 7.80. The molecule has 0 aromatic heterocycles. The summed E-state index contributed by atoms with van der Waals surface area (Å²) < 4.78 is 37.4. The fourth-order valence-electron chi connectivity index (χ4n) is 2.64. The van der Waals surface area contributed by atoms with E-state index in [2.05, 4.69) is 17.6 Å². The van der Waals surface area contributed by atoms with E-state index in [4.69, 9.17) is 12.2 Å². The number of anilines is 1. The van der Waals surface area contributed by atoms with Gasteiger partial charge >= 0.3 is 6.18 Å². The van der Waals surface area contributed by atoms with E-state index < -0.39 is 11.7 Å². The Morgan fingerprint density at radius 2 is 1.67 bits per heavy atom. The van der Waals surface area contributed by atoms with Crippen molar-refractivity contribution in [2.75, 3.05) is 5.32 Å². The lowest BCUT2D eigenvalue weighted by atomic mass is 9.83. The van der Waals surface area contributed by atoms with Crippen LogP contribution in [-0.4, -0.2) is 10.7 Å². The molecule has 1 saturated carbocycles. The molecule has 1 aliphatic rings. The van der Waals surface area contributed by atoms with Gasteiger partial charge in [-0.25, -0.2) is 0 Å². The fraction of sp³-hybridized carbons (Fsp3) is 0.533. The SMILES string of the molecule is CC1(NC(=S)Nc2ccc(C(F)(F)F)cc2)CCCCC1. The van der Waals surface area contributed by atoms with Gasteiger partial charge in [0.05, 0.1) is 5.56 Å². The molecule has 0 heterocycles. The molecule has 6 heteroatoms. The molecule has 1 aromatic rings. The van der Waals surface area contributed by atoms with Crippen molar-refractivity contribution in [1.82, 2.24) is 5.32 Å². The molecule has 1 fully saturated rings. The van der Waals surface area contributed by atoms with Gasteiger partial charge in [0, 0.05) is 11.2 Å². The second-order valence-electron chi connectivity index (χ2n) is 5.78. The third-order valence-electron chi connectivity index (χ3n) is 3.84. The lowest BCUT2D eigenvalue weighted by molar-refractivity contribution is -0.137. The predicted molar refractivity (Wildman–Crippen MR) is 82.3 cm³/mol. The highest BCUT2D eigenvalue weighted by Gasteiger charge is 2.30. The predicted octanol–water partition coefficient (Wildman–Crippen LogP) is 4.71. The molecule has 0 spiro atoms. The minimum Gasteiger partial charge on any atom is -0.357 e. The first-order valence-electron chi connectivity index (χ1n) is 7.05. The molecular formula is C15H19F3N2S. The maximum atomic E-state index is 12.5. The second-order valence-corrected chi connectivity index (χ2v) is 6.18. The molecule has 0 saturated heterocycles. The van der Waals surface area contributed by atoms with Gasteiger partial charge in [0.15, 0.2) is 5.11 Å². The van der Waals surface area contributed by atoms with Crippen molar-refractivity contribution in [3.05, 3.63) is 29.8 Å². The number of benzene rings is 1. The molecule has 2 rings (SSSR count). The number of rotatable bonds is 2. The molecule has 116 valence electrons. The average Bonchev–Trinajstić information content (AvgIpc) is 2.38. The van der Waals surface area contributed by atoms with Gasteiger partial charge in [-0.05, 0) is 56.2 Å². The normalized spacial score (nSPS) is 18.1. The molecule has 0 bridgehead atoms. The number of halogens is 3. The molecule has 0 radical (unpaired) electrons. The Morgan fingerprint density at radius 1 is 1.10 bits per heavy atom. The van der Waals surface area contributed by atoms with Crippen LogP contribution in [0, 0.1) is 0 Å². The molecular weight excluding hydrogens is 297 g/mol. The average molecular weight is 316 g/mol. The lowest BCUT2D eigenvalue weighted by Gasteiger charge is -2.35. The van der Waals surface area contributed by atoms with Crippen molar-refractivity contribution in [2.45, 2.75) is 50.7 Å². The van der Waals surface area contributed by atoms with Crippen LogP contribution in [0.15, 0.2) is 24.3 Å². The second kappa shape index (κ2) is 6.22. The van der Waals surface area contributed by atoms with Crippen LogP contribution in [0.25, 0.3) is 0 Å². The molecule has 0 aliphatic heterocycles. The lowest BCUT2D eigenvalue weighted by Crippen LogP contribution is -2.48. The highest BCUT2D eigenvalue weighted by Crippen LogP contribution is 2.30. The van der Waals surface area contributed by atoms with Crippen LogP contribution in [0.2, 0.25) is 0 Å². The maximum absolute atomic E-state index is 12.5. The van der Waals surface area contributed by atoms with E-state index in [9.17, 15) is 13.2 Å². The van der Waals surface area contributed by atoms with Crippen LogP contribution in [0.3, 0.4) is 0 Å². The number of thiocarbonyl (C=S) groups is 1. The number of hydrogen-bond acceptors (Lipinski definition) is 1. The summed E-state index contributed by atoms with van der Waals surface area (Å²) in [5, 5.41) is 6.69. The molecule has 0 unspecified atom stereocenters. The first-order chi connectivity index (χ1) is 9.78. The van der Waals surface area contributed by atoms with Crippen molar-refractivity contribution in [1.29, 1.82) is 0 Å². The summed E-state index contributed by atoms with van der Waals surface area (Å²) in [5.41, 5.74) is -0.125. The van der Waals surface area contributed by atoms with Crippen LogP contribution in [0.5, 0.6) is 0 Å². The molecule has 0 atom stereocenters. The first kappa shape index (κ1) is 16.1. The summed E-state index contributed by atoms with van der Waals surface area (Å²) in [6.45, 7) is 2.13. The first-order valence-corrected chi connectivity index (χ1v) is 7.46. The molecule has 0 amide bonds. The largest absolute Gasteiger partial charge is 0.416 e. The molecule has 2 N–H and O–H groups in total. The Morgan fingerprint density at radius 3 is 2.19 bits per heavy atom. The van der Waals surface area contributed by atoms with Crippen molar-refractivity contribution < 1.29 is 13.2 Å². The van der Waals surface area contributed by atoms with E-state index in [-0.39, 0.29) is 5.54 Å². The van der Waals surface area contributed by atoms with Gasteiger partial charge in [0.1, 0.15) is 0 Å². The third kappa shape index (κ3) is 4.59. The zero-order valence-electron chi connectivity index (χ0n) is 11.9. The third-order valence-corrected chi connectivity index (χ3v) is 4.05. The van der Waals surface area contributed by atoms with E-state index in [0.717, 1.165) is 25.0 Å². The van der Waals surface area contributed by atoms with Crippen LogP contribution in [0.4, 0.5) is 18.9 Å². The number of hydrogen-bond donors (Lipinski definition) is 2. The summed E-state index contributed by atoms with van der Waals surface area (Å²) in [6, 6.07) is 4.88. The van der Waals surface area contributed by atoms with Crippen LogP contribution in [0.1, 0.15) is 44.6 Å². The van der Waals surface area contributed by atoms with E-state index in [1.54, 1.807) is 0 Å². The van der Waals surface area contributed by atoms with Crippen molar-refractivity contribution in [3.8, 4) is 0 Å². The van der Waals surface area contributed by atoms with Gasteiger partial charge in [-0.2, -0.15) is 13.2 Å². The Hall–Kier alpha value is -1.30. The number of nitrogens with one attached hydrogen (secondary N) is 2. The van der Waals surface area contributed by atoms with Gasteiger partial charge in [0.25, 0.3) is 0 Å². The monoisotopic (exact) mass is 316 g/mol. The van der Waals surface area contributed by atoms with Gasteiger partial charge in [-0.3, -0.25) is 0 Å². The molecule has 1 aromatic carbocycles. The van der Waals surface area contributed by atoms with Crippen LogP contribution >= 0.6 is 12.2 Å². The Labute approximate surface area is 128 Å². The fourth-order valence-corrected chi connectivity index (χ4v) is 3.00. The summed E-state index contributed by atoms with van der Waals surface area (Å²) >= 11 is 5.25. The summed E-state index contributed by atoms with van der Waals surface area (Å²) in [6.07, 6.45) is 1.39. The molecule has 21 heavy (non-hydrogen) atoms. The van der Waals surface area contributed by atoms with Crippen molar-refractivity contribution >= 4 is 23.0 Å². The maximum Gasteiger partial charge on any atom is 0.416 e. The Bertz CT molecular complexity index is 491. The molecule has 1 aliphatic carbocycles. The Kier molecular flexibility index (Phi) is 4.76. The van der Waals surface area contributed by atoms with E-state index in [0.29, 0.717) is 10.8 Å². The van der Waals surface area contributed by atoms with Crippen LogP contribution in [-0.2, 0) is 6.18 Å². The van der Waals surface area contributed by atoms with Crippen molar-refractivity contribution in [3.63, 3.8) is 0 Å². The molecule has 2 nitrogen and oxygen atoms in total. The van der Waals surface area contributed by atoms with Crippen molar-refractivity contribution in [2.24, 2.45) is 0 Å². The zero-order chi connectivity index (χ0) is 15.5. The standard InChI is InChI=1S/C15H19F3N2S/c1-14(9-3-2-4-10-14)20-13(21)19-12-7-5-11(6-8-12)15(16,17)18/h5-8H,2-4,9-10H2,1H3,(H2,19,20,21). The quantitative estimate of drug-likeness (QED) is 0.772. The topological polar surface area (TPSA) is 24.1 Å². The minimum atomic E-state index is -4.31. The summed E-state index contributed by atoms with van der Waals surface area (Å²) in [4.78, 5) is 0. The minimum absolute atomic E-state index is 0.0196. The van der Waals surface area contributed by atoms with Gasteiger partial charge in [0.2, 0.25) is 0 Å². The van der Waals surface area contributed by atoms with Gasteiger partial charge in [-0.1, -0.05) is 19.3 Å².